The van der Waals surface area contributed by atoms with Gasteiger partial charge >= 0.3 is 0 Å². The van der Waals surface area contributed by atoms with E-state index < -0.39 is 10.0 Å². The Balaban J connectivity index is 1.94. The van der Waals surface area contributed by atoms with Gasteiger partial charge in [-0.25, -0.2) is 13.4 Å². The van der Waals surface area contributed by atoms with Gasteiger partial charge in [-0.3, -0.25) is 4.72 Å². The first-order chi connectivity index (χ1) is 12.8. The Bertz CT molecular complexity index is 804. The van der Waals surface area contributed by atoms with E-state index in [0.29, 0.717) is 5.75 Å². The van der Waals surface area contributed by atoms with E-state index in [2.05, 4.69) is 19.9 Å². The fourth-order valence-corrected chi connectivity index (χ4v) is 3.36. The maximum atomic E-state index is 12.5. The van der Waals surface area contributed by atoms with Crippen LogP contribution in [0, 0.1) is 0 Å². The summed E-state index contributed by atoms with van der Waals surface area (Å²) in [7, 11) is 0.374. The molecule has 8 heteroatoms. The van der Waals surface area contributed by atoms with Crippen molar-refractivity contribution in [2.45, 2.75) is 31.3 Å². The summed E-state index contributed by atoms with van der Waals surface area (Å²) in [5.74, 6) is 0.906. The van der Waals surface area contributed by atoms with Crippen molar-refractivity contribution in [3.63, 3.8) is 0 Å². The predicted molar refractivity (Wildman–Crippen MR) is 109 cm³/mol. The minimum absolute atomic E-state index is 0.0322. The molecular weight excluding hydrogens is 364 g/mol. The number of anilines is 2. The van der Waals surface area contributed by atoms with Crippen LogP contribution in [-0.4, -0.2) is 51.6 Å². The molecule has 0 fully saturated rings. The third kappa shape index (κ3) is 7.07. The van der Waals surface area contributed by atoms with Gasteiger partial charge in [0.05, 0.1) is 22.9 Å². The number of ether oxygens (including phenoxy) is 1. The Hall–Kier alpha value is -2.32. The number of pyridine rings is 1. The minimum atomic E-state index is -3.70. The first-order valence-corrected chi connectivity index (χ1v) is 10.4. The van der Waals surface area contributed by atoms with Crippen LogP contribution in [0.2, 0.25) is 0 Å². The van der Waals surface area contributed by atoms with Crippen molar-refractivity contribution in [2.75, 3.05) is 37.2 Å². The fraction of sp³-hybridized carbons (Fsp3) is 0.421. The summed E-state index contributed by atoms with van der Waals surface area (Å²) < 4.78 is 33.0. The van der Waals surface area contributed by atoms with Crippen LogP contribution in [0.25, 0.3) is 0 Å². The highest BCUT2D eigenvalue weighted by molar-refractivity contribution is 7.92. The lowest BCUT2D eigenvalue weighted by molar-refractivity contribution is 0.242. The van der Waals surface area contributed by atoms with Gasteiger partial charge < -0.3 is 15.0 Å². The Morgan fingerprint density at radius 3 is 2.37 bits per heavy atom. The van der Waals surface area contributed by atoms with E-state index in [1.165, 1.54) is 12.1 Å². The molecule has 0 bridgehead atoms. The van der Waals surface area contributed by atoms with Crippen LogP contribution in [0.5, 0.6) is 5.75 Å². The van der Waals surface area contributed by atoms with E-state index >= 15 is 0 Å². The molecule has 0 atom stereocenters. The minimum Gasteiger partial charge on any atom is -0.491 e. The number of benzene rings is 1. The van der Waals surface area contributed by atoms with E-state index in [-0.39, 0.29) is 16.8 Å². The summed E-state index contributed by atoms with van der Waals surface area (Å²) >= 11 is 0. The summed E-state index contributed by atoms with van der Waals surface area (Å²) in [6, 6.07) is 9.76. The van der Waals surface area contributed by atoms with Gasteiger partial charge in [-0.1, -0.05) is 0 Å². The fourth-order valence-electron chi connectivity index (χ4n) is 2.35. The molecule has 0 aliphatic rings. The second kappa shape index (κ2) is 9.57. The van der Waals surface area contributed by atoms with Crippen LogP contribution in [-0.2, 0) is 10.0 Å². The summed E-state index contributed by atoms with van der Waals surface area (Å²) in [5, 5.41) is 3.26. The molecule has 0 saturated heterocycles. The Labute approximate surface area is 161 Å². The molecule has 148 valence electrons. The molecule has 0 spiro atoms. The van der Waals surface area contributed by atoms with Gasteiger partial charge in [-0.15, -0.1) is 0 Å². The van der Waals surface area contributed by atoms with Gasteiger partial charge in [-0.05, 0) is 77.3 Å². The Morgan fingerprint density at radius 1 is 1.11 bits per heavy atom. The smallest absolute Gasteiger partial charge is 0.263 e. The first-order valence-electron chi connectivity index (χ1n) is 8.90. The third-order valence-electron chi connectivity index (χ3n) is 3.62. The van der Waals surface area contributed by atoms with Crippen molar-refractivity contribution in [3.8, 4) is 5.75 Å². The SMILES string of the molecule is CC(C)Oc1ccc(S(=O)(=O)Nc2ccc(NCCCN(C)C)cn2)cc1. The summed E-state index contributed by atoms with van der Waals surface area (Å²) in [4.78, 5) is 6.46. The normalized spacial score (nSPS) is 11.6. The van der Waals surface area contributed by atoms with E-state index in [4.69, 9.17) is 4.74 Å². The molecule has 1 aromatic carbocycles. The number of sulfonamides is 1. The number of hydrogen-bond acceptors (Lipinski definition) is 6. The highest BCUT2D eigenvalue weighted by atomic mass is 32.2. The number of nitrogens with zero attached hydrogens (tertiary/aromatic N) is 2. The van der Waals surface area contributed by atoms with Crippen molar-refractivity contribution in [3.05, 3.63) is 42.6 Å². The van der Waals surface area contributed by atoms with Crippen LogP contribution in [0.1, 0.15) is 20.3 Å². The Morgan fingerprint density at radius 2 is 1.81 bits per heavy atom. The van der Waals surface area contributed by atoms with Crippen molar-refractivity contribution in [1.29, 1.82) is 0 Å². The van der Waals surface area contributed by atoms with Crippen LogP contribution >= 0.6 is 0 Å². The first kappa shape index (κ1) is 21.0. The molecule has 1 aromatic heterocycles. The number of aromatic nitrogens is 1. The monoisotopic (exact) mass is 392 g/mol. The summed E-state index contributed by atoms with van der Waals surface area (Å²) in [6.45, 7) is 5.66. The second-order valence-corrected chi connectivity index (χ2v) is 8.44. The molecule has 7 nitrogen and oxygen atoms in total. The van der Waals surface area contributed by atoms with Crippen LogP contribution in [0.15, 0.2) is 47.5 Å². The third-order valence-corrected chi connectivity index (χ3v) is 4.99. The van der Waals surface area contributed by atoms with Crippen LogP contribution in [0.3, 0.4) is 0 Å². The van der Waals surface area contributed by atoms with Crippen LogP contribution < -0.4 is 14.8 Å². The number of nitrogens with one attached hydrogen (secondary N) is 2. The Kier molecular flexibility index (Phi) is 7.44. The molecule has 27 heavy (non-hydrogen) atoms. The number of hydrogen-bond donors (Lipinski definition) is 2. The van der Waals surface area contributed by atoms with E-state index in [1.54, 1.807) is 30.5 Å². The molecular formula is C19H28N4O3S. The lowest BCUT2D eigenvalue weighted by Crippen LogP contribution is -2.16. The molecule has 2 N–H and O–H groups in total. The van der Waals surface area contributed by atoms with Gasteiger partial charge in [0, 0.05) is 6.54 Å². The molecule has 2 rings (SSSR count). The summed E-state index contributed by atoms with van der Waals surface area (Å²) in [6.07, 6.45) is 2.66. The zero-order chi connectivity index (χ0) is 19.9. The van der Waals surface area contributed by atoms with Crippen LogP contribution in [0.4, 0.5) is 11.5 Å². The zero-order valence-electron chi connectivity index (χ0n) is 16.3. The average Bonchev–Trinajstić information content (AvgIpc) is 2.59. The lowest BCUT2D eigenvalue weighted by atomic mass is 10.3. The molecule has 0 amide bonds. The molecule has 1 heterocycles. The standard InChI is InChI=1S/C19H28N4O3S/c1-15(2)26-17-7-9-18(10-8-17)27(24,25)22-19-11-6-16(14-21-19)20-12-5-13-23(3)4/h6-11,14-15,20H,5,12-13H2,1-4H3,(H,21,22). The molecule has 0 aliphatic heterocycles. The molecule has 0 unspecified atom stereocenters. The van der Waals surface area contributed by atoms with Gasteiger partial charge in [0.15, 0.2) is 0 Å². The van der Waals surface area contributed by atoms with Crippen molar-refractivity contribution in [2.24, 2.45) is 0 Å². The summed E-state index contributed by atoms with van der Waals surface area (Å²) in [5.41, 5.74) is 0.854. The highest BCUT2D eigenvalue weighted by Gasteiger charge is 2.15. The van der Waals surface area contributed by atoms with E-state index in [9.17, 15) is 8.42 Å². The van der Waals surface area contributed by atoms with E-state index in [1.807, 2.05) is 27.9 Å². The molecule has 0 saturated carbocycles. The average molecular weight is 393 g/mol. The largest absolute Gasteiger partial charge is 0.491 e. The van der Waals surface area contributed by atoms with Crippen molar-refractivity contribution in [1.82, 2.24) is 9.88 Å². The van der Waals surface area contributed by atoms with E-state index in [0.717, 1.165) is 25.2 Å². The number of rotatable bonds is 10. The zero-order valence-corrected chi connectivity index (χ0v) is 17.1. The van der Waals surface area contributed by atoms with Crippen molar-refractivity contribution >= 4 is 21.5 Å². The van der Waals surface area contributed by atoms with Gasteiger partial charge in [-0.2, -0.15) is 0 Å². The van der Waals surface area contributed by atoms with Gasteiger partial charge in [0.2, 0.25) is 0 Å². The van der Waals surface area contributed by atoms with Gasteiger partial charge in [0.1, 0.15) is 11.6 Å². The van der Waals surface area contributed by atoms with Gasteiger partial charge in [0.25, 0.3) is 10.0 Å². The lowest BCUT2D eigenvalue weighted by Gasteiger charge is -2.12. The quantitative estimate of drug-likeness (QED) is 0.605. The maximum absolute atomic E-state index is 12.5. The predicted octanol–water partition coefficient (Wildman–Crippen LogP) is 3.03. The second-order valence-electron chi connectivity index (χ2n) is 6.76. The maximum Gasteiger partial charge on any atom is 0.263 e. The topological polar surface area (TPSA) is 83.6 Å². The molecule has 0 aliphatic carbocycles. The van der Waals surface area contributed by atoms with Crippen molar-refractivity contribution < 1.29 is 13.2 Å². The molecule has 2 aromatic rings. The highest BCUT2D eigenvalue weighted by Crippen LogP contribution is 2.20. The molecule has 0 radical (unpaired) electrons.